The summed E-state index contributed by atoms with van der Waals surface area (Å²) < 4.78 is 0. The van der Waals surface area contributed by atoms with Gasteiger partial charge in [-0.2, -0.15) is 0 Å². The van der Waals surface area contributed by atoms with Crippen molar-refractivity contribution >= 4 is 17.6 Å². The largest absolute Gasteiger partial charge is 0.480 e. The van der Waals surface area contributed by atoms with Crippen LogP contribution in [0.2, 0.25) is 0 Å². The van der Waals surface area contributed by atoms with Crippen LogP contribution in [0.5, 0.6) is 0 Å². The number of rotatable bonds is 6. The number of hydrogen-bond acceptors (Lipinski definition) is 5. The number of carboxylic acids is 1. The Morgan fingerprint density at radius 3 is 2.32 bits per heavy atom. The summed E-state index contributed by atoms with van der Waals surface area (Å²) in [6.07, 6.45) is -0.123. The first-order valence-corrected chi connectivity index (χ1v) is 5.30. The maximum atomic E-state index is 11.5. The van der Waals surface area contributed by atoms with E-state index >= 15 is 0 Å². The molecule has 0 aliphatic rings. The van der Waals surface area contributed by atoms with E-state index < -0.39 is 29.4 Å². The second kappa shape index (κ2) is 6.45. The highest BCUT2D eigenvalue weighted by molar-refractivity contribution is 5.84. The molecule has 3 N–H and O–H groups in total. The van der Waals surface area contributed by atoms with E-state index in [1.165, 1.54) is 24.3 Å². The predicted octanol–water partition coefficient (Wildman–Crippen LogP) is -0.301. The number of aliphatic carboxylic acids is 1. The number of nitrogens with zero attached hydrogens (tertiary/aromatic N) is 1. The summed E-state index contributed by atoms with van der Waals surface area (Å²) in [7, 11) is 0. The first-order chi connectivity index (χ1) is 8.93. The molecule has 1 amide bonds. The lowest BCUT2D eigenvalue weighted by atomic mass is 10.1. The monoisotopic (exact) mass is 268 g/mol. The Morgan fingerprint density at radius 1 is 1.32 bits per heavy atom. The molecule has 0 radical (unpaired) electrons. The molecule has 0 aromatic heterocycles. The van der Waals surface area contributed by atoms with Crippen LogP contribution in [0, 0.1) is 10.1 Å². The molecule has 1 aromatic rings. The van der Waals surface area contributed by atoms with Crippen molar-refractivity contribution in [1.82, 2.24) is 5.32 Å². The van der Waals surface area contributed by atoms with Crippen molar-refractivity contribution in [3.63, 3.8) is 0 Å². The first kappa shape index (κ1) is 14.6. The average Bonchev–Trinajstić information content (AvgIpc) is 2.36. The van der Waals surface area contributed by atoms with Crippen molar-refractivity contribution in [2.24, 2.45) is 0 Å². The van der Waals surface area contributed by atoms with E-state index in [2.05, 4.69) is 5.32 Å². The summed E-state index contributed by atoms with van der Waals surface area (Å²) >= 11 is 0. The van der Waals surface area contributed by atoms with E-state index in [9.17, 15) is 19.7 Å². The summed E-state index contributed by atoms with van der Waals surface area (Å²) in [6, 6.07) is 3.97. The smallest absolute Gasteiger partial charge is 0.328 e. The molecule has 8 nitrogen and oxygen atoms in total. The molecular formula is C11H12N2O6. The van der Waals surface area contributed by atoms with Crippen LogP contribution < -0.4 is 5.32 Å². The van der Waals surface area contributed by atoms with Gasteiger partial charge in [-0.15, -0.1) is 0 Å². The van der Waals surface area contributed by atoms with Crippen LogP contribution in [0.4, 0.5) is 5.69 Å². The third kappa shape index (κ3) is 4.36. The topological polar surface area (TPSA) is 130 Å². The van der Waals surface area contributed by atoms with Gasteiger partial charge in [0.2, 0.25) is 5.91 Å². The van der Waals surface area contributed by atoms with E-state index in [1.807, 2.05) is 0 Å². The van der Waals surface area contributed by atoms with Crippen LogP contribution in [0.15, 0.2) is 24.3 Å². The highest BCUT2D eigenvalue weighted by Crippen LogP contribution is 2.12. The highest BCUT2D eigenvalue weighted by Gasteiger charge is 2.18. The fraction of sp³-hybridized carbons (Fsp3) is 0.273. The summed E-state index contributed by atoms with van der Waals surface area (Å²) in [4.78, 5) is 31.9. The van der Waals surface area contributed by atoms with E-state index in [-0.39, 0.29) is 12.1 Å². The molecule has 1 rings (SSSR count). The highest BCUT2D eigenvalue weighted by atomic mass is 16.6. The predicted molar refractivity (Wildman–Crippen MR) is 63.5 cm³/mol. The number of aliphatic hydroxyl groups excluding tert-OH is 1. The van der Waals surface area contributed by atoms with Gasteiger partial charge in [-0.1, -0.05) is 12.1 Å². The van der Waals surface area contributed by atoms with Gasteiger partial charge < -0.3 is 15.5 Å². The van der Waals surface area contributed by atoms with Crippen LogP contribution >= 0.6 is 0 Å². The van der Waals surface area contributed by atoms with Crippen molar-refractivity contribution in [3.05, 3.63) is 39.9 Å². The fourth-order valence-corrected chi connectivity index (χ4v) is 1.35. The number of carbonyl (C=O) groups is 2. The lowest BCUT2D eigenvalue weighted by molar-refractivity contribution is -0.384. The summed E-state index contributed by atoms with van der Waals surface area (Å²) in [5.74, 6) is -1.92. The van der Waals surface area contributed by atoms with Gasteiger partial charge >= 0.3 is 5.97 Å². The molecule has 19 heavy (non-hydrogen) atoms. The second-order valence-corrected chi connectivity index (χ2v) is 3.74. The molecule has 8 heteroatoms. The van der Waals surface area contributed by atoms with Gasteiger partial charge in [0.1, 0.15) is 6.04 Å². The number of nitro groups is 1. The van der Waals surface area contributed by atoms with Crippen LogP contribution in [0.3, 0.4) is 0 Å². The maximum absolute atomic E-state index is 11.5. The summed E-state index contributed by atoms with van der Waals surface area (Å²) in [6.45, 7) is -0.707. The Labute approximate surface area is 107 Å². The number of carbonyl (C=O) groups excluding carboxylic acids is 1. The zero-order valence-electron chi connectivity index (χ0n) is 9.78. The number of nitro benzene ring substituents is 1. The zero-order valence-corrected chi connectivity index (χ0v) is 9.78. The van der Waals surface area contributed by atoms with Gasteiger partial charge in [0.05, 0.1) is 18.0 Å². The number of hydrogen-bond donors (Lipinski definition) is 3. The molecule has 0 saturated heterocycles. The van der Waals surface area contributed by atoms with E-state index in [0.29, 0.717) is 5.56 Å². The van der Waals surface area contributed by atoms with Gasteiger partial charge in [-0.25, -0.2) is 4.79 Å². The quantitative estimate of drug-likeness (QED) is 0.479. The fourth-order valence-electron chi connectivity index (χ4n) is 1.35. The molecule has 0 aliphatic carbocycles. The maximum Gasteiger partial charge on any atom is 0.328 e. The number of amides is 1. The molecule has 102 valence electrons. The lowest BCUT2D eigenvalue weighted by Crippen LogP contribution is -2.43. The van der Waals surface area contributed by atoms with Gasteiger partial charge in [-0.3, -0.25) is 14.9 Å². The molecule has 1 atom stereocenters. The minimum Gasteiger partial charge on any atom is -0.480 e. The van der Waals surface area contributed by atoms with Gasteiger partial charge in [0.25, 0.3) is 5.69 Å². The SMILES string of the molecule is O=C(Cc1ccc([N+](=O)[O-])cc1)N[C@@H](CO)C(=O)O. The average molecular weight is 268 g/mol. The molecule has 0 unspecified atom stereocenters. The van der Waals surface area contributed by atoms with Gasteiger partial charge in [-0.05, 0) is 5.56 Å². The zero-order chi connectivity index (χ0) is 14.4. The third-order valence-electron chi connectivity index (χ3n) is 2.33. The first-order valence-electron chi connectivity index (χ1n) is 5.30. The molecule has 0 aliphatic heterocycles. The molecular weight excluding hydrogens is 256 g/mol. The van der Waals surface area contributed by atoms with Crippen LogP contribution in [0.25, 0.3) is 0 Å². The Kier molecular flexibility index (Phi) is 4.95. The van der Waals surface area contributed by atoms with E-state index in [0.717, 1.165) is 0 Å². The number of non-ortho nitro benzene ring substituents is 1. The Balaban J connectivity index is 2.61. The number of nitrogens with one attached hydrogen (secondary N) is 1. The van der Waals surface area contributed by atoms with Gasteiger partial charge in [0, 0.05) is 12.1 Å². The number of carboxylic acid groups (broad SMARTS) is 1. The van der Waals surface area contributed by atoms with Gasteiger partial charge in [0.15, 0.2) is 0 Å². The molecule has 1 aromatic carbocycles. The van der Waals surface area contributed by atoms with Crippen molar-refractivity contribution in [3.8, 4) is 0 Å². The lowest BCUT2D eigenvalue weighted by Gasteiger charge is -2.11. The van der Waals surface area contributed by atoms with E-state index in [1.54, 1.807) is 0 Å². The van der Waals surface area contributed by atoms with Crippen molar-refractivity contribution < 1.29 is 24.7 Å². The van der Waals surface area contributed by atoms with Crippen LogP contribution in [-0.4, -0.2) is 39.7 Å². The molecule has 0 spiro atoms. The molecule has 0 fully saturated rings. The van der Waals surface area contributed by atoms with Crippen molar-refractivity contribution in [2.75, 3.05) is 6.61 Å². The van der Waals surface area contributed by atoms with Crippen LogP contribution in [0.1, 0.15) is 5.56 Å². The third-order valence-corrected chi connectivity index (χ3v) is 2.33. The number of benzene rings is 1. The number of aliphatic hydroxyl groups is 1. The summed E-state index contributed by atoms with van der Waals surface area (Å²) in [5, 5.41) is 29.9. The minimum absolute atomic E-state index is 0.0945. The molecule has 0 heterocycles. The Bertz CT molecular complexity index is 484. The Hall–Kier alpha value is -2.48. The Morgan fingerprint density at radius 2 is 1.89 bits per heavy atom. The second-order valence-electron chi connectivity index (χ2n) is 3.74. The van der Waals surface area contributed by atoms with Crippen molar-refractivity contribution in [1.29, 1.82) is 0 Å². The van der Waals surface area contributed by atoms with E-state index in [4.69, 9.17) is 10.2 Å². The summed E-state index contributed by atoms with van der Waals surface area (Å²) in [5.41, 5.74) is 0.410. The normalized spacial score (nSPS) is 11.6. The van der Waals surface area contributed by atoms with Crippen molar-refractivity contribution in [2.45, 2.75) is 12.5 Å². The molecule has 0 saturated carbocycles. The minimum atomic E-state index is -1.36. The standard InChI is InChI=1S/C11H12N2O6/c14-6-9(11(16)17)12-10(15)5-7-1-3-8(4-2-7)13(18)19/h1-4,9,14H,5-6H2,(H,12,15)(H,16,17)/t9-/m0/s1. The molecule has 0 bridgehead atoms. The van der Waals surface area contributed by atoms with Crippen LogP contribution in [-0.2, 0) is 16.0 Å².